The van der Waals surface area contributed by atoms with Crippen molar-refractivity contribution in [1.82, 2.24) is 0 Å². The van der Waals surface area contributed by atoms with Crippen molar-refractivity contribution >= 4 is 22.1 Å². The predicted octanol–water partition coefficient (Wildman–Crippen LogP) is 1.88. The van der Waals surface area contributed by atoms with Crippen LogP contribution in [0.5, 0.6) is 0 Å². The Morgan fingerprint density at radius 2 is 1.71 bits per heavy atom. The molecule has 0 radical (unpaired) electrons. The van der Waals surface area contributed by atoms with Crippen LogP contribution < -0.4 is 11.5 Å². The van der Waals surface area contributed by atoms with Crippen molar-refractivity contribution in [3.8, 4) is 6.07 Å². The SMILES string of the molecule is N#Cc1ccc(N)c2c(N)cccc12. The van der Waals surface area contributed by atoms with Crippen LogP contribution in [0.4, 0.5) is 11.4 Å². The maximum absolute atomic E-state index is 8.89. The normalized spacial score (nSPS) is 9.93. The molecule has 0 aliphatic carbocycles. The number of fused-ring (bicyclic) bond motifs is 1. The van der Waals surface area contributed by atoms with E-state index in [1.54, 1.807) is 18.2 Å². The van der Waals surface area contributed by atoms with Crippen LogP contribution in [0, 0.1) is 11.3 Å². The molecule has 4 N–H and O–H groups in total. The molecule has 3 nitrogen and oxygen atoms in total. The van der Waals surface area contributed by atoms with Gasteiger partial charge in [-0.25, -0.2) is 0 Å². The molecule has 14 heavy (non-hydrogen) atoms. The Balaban J connectivity index is 3.00. The lowest BCUT2D eigenvalue weighted by atomic mass is 10.0. The summed E-state index contributed by atoms with van der Waals surface area (Å²) >= 11 is 0. The highest BCUT2D eigenvalue weighted by Crippen LogP contribution is 2.28. The molecule has 2 rings (SSSR count). The summed E-state index contributed by atoms with van der Waals surface area (Å²) in [4.78, 5) is 0. The first-order valence-electron chi connectivity index (χ1n) is 4.21. The first-order chi connectivity index (χ1) is 6.74. The number of nitrogens with two attached hydrogens (primary N) is 2. The molecule has 0 heterocycles. The number of rotatable bonds is 0. The van der Waals surface area contributed by atoms with Gasteiger partial charge in [-0.1, -0.05) is 12.1 Å². The van der Waals surface area contributed by atoms with E-state index in [0.717, 1.165) is 10.8 Å². The van der Waals surface area contributed by atoms with E-state index in [1.807, 2.05) is 12.1 Å². The largest absolute Gasteiger partial charge is 0.398 e. The van der Waals surface area contributed by atoms with E-state index in [-0.39, 0.29) is 0 Å². The Hall–Kier alpha value is -2.21. The summed E-state index contributed by atoms with van der Waals surface area (Å²) in [5.41, 5.74) is 13.4. The minimum Gasteiger partial charge on any atom is -0.398 e. The van der Waals surface area contributed by atoms with E-state index in [2.05, 4.69) is 6.07 Å². The van der Waals surface area contributed by atoms with E-state index in [4.69, 9.17) is 16.7 Å². The summed E-state index contributed by atoms with van der Waals surface area (Å²) in [6.45, 7) is 0. The van der Waals surface area contributed by atoms with Gasteiger partial charge in [-0.15, -0.1) is 0 Å². The van der Waals surface area contributed by atoms with Crippen LogP contribution in [-0.4, -0.2) is 0 Å². The molecule has 0 atom stereocenters. The fourth-order valence-corrected chi connectivity index (χ4v) is 1.56. The maximum Gasteiger partial charge on any atom is 0.0998 e. The number of nitrogens with zero attached hydrogens (tertiary/aromatic N) is 1. The van der Waals surface area contributed by atoms with Crippen LogP contribution in [-0.2, 0) is 0 Å². The third-order valence-electron chi connectivity index (χ3n) is 2.23. The Bertz CT molecular complexity index is 530. The second-order valence-electron chi connectivity index (χ2n) is 3.08. The molecule has 0 amide bonds. The van der Waals surface area contributed by atoms with Crippen molar-refractivity contribution in [3.63, 3.8) is 0 Å². The molecule has 3 heteroatoms. The second-order valence-corrected chi connectivity index (χ2v) is 3.08. The fraction of sp³-hybridized carbons (Fsp3) is 0. The summed E-state index contributed by atoms with van der Waals surface area (Å²) in [5.74, 6) is 0. The highest BCUT2D eigenvalue weighted by atomic mass is 14.6. The van der Waals surface area contributed by atoms with Gasteiger partial charge in [0.25, 0.3) is 0 Å². The zero-order valence-corrected chi connectivity index (χ0v) is 7.49. The molecule has 0 saturated carbocycles. The van der Waals surface area contributed by atoms with E-state index in [1.165, 1.54) is 0 Å². The maximum atomic E-state index is 8.89. The summed E-state index contributed by atoms with van der Waals surface area (Å²) in [7, 11) is 0. The molecule has 0 bridgehead atoms. The molecule has 0 aliphatic rings. The van der Waals surface area contributed by atoms with E-state index in [0.29, 0.717) is 16.9 Å². The van der Waals surface area contributed by atoms with Crippen molar-refractivity contribution in [1.29, 1.82) is 5.26 Å². The standard InChI is InChI=1S/C11H9N3/c12-6-7-4-5-10(14)11-8(7)2-1-3-9(11)13/h1-5H,13-14H2. The highest BCUT2D eigenvalue weighted by Gasteiger charge is 2.05. The smallest absolute Gasteiger partial charge is 0.0998 e. The van der Waals surface area contributed by atoms with Gasteiger partial charge in [0.05, 0.1) is 11.6 Å². The minimum atomic E-state index is 0.599. The zero-order valence-electron chi connectivity index (χ0n) is 7.49. The average Bonchev–Trinajstić information content (AvgIpc) is 2.18. The topological polar surface area (TPSA) is 75.8 Å². The van der Waals surface area contributed by atoms with Gasteiger partial charge in [0.15, 0.2) is 0 Å². The van der Waals surface area contributed by atoms with Crippen LogP contribution in [0.2, 0.25) is 0 Å². The average molecular weight is 183 g/mol. The van der Waals surface area contributed by atoms with Crippen LogP contribution in [0.25, 0.3) is 10.8 Å². The molecule has 0 spiro atoms. The summed E-state index contributed by atoms with van der Waals surface area (Å²) in [5, 5.41) is 10.5. The van der Waals surface area contributed by atoms with Crippen molar-refractivity contribution in [3.05, 3.63) is 35.9 Å². The number of hydrogen-bond acceptors (Lipinski definition) is 3. The molecule has 0 fully saturated rings. The number of nitriles is 1. The quantitative estimate of drug-likeness (QED) is 0.612. The van der Waals surface area contributed by atoms with Gasteiger partial charge < -0.3 is 11.5 Å². The summed E-state index contributed by atoms with van der Waals surface area (Å²) in [6.07, 6.45) is 0. The van der Waals surface area contributed by atoms with Crippen LogP contribution in [0.3, 0.4) is 0 Å². The lowest BCUT2D eigenvalue weighted by molar-refractivity contribution is 1.50. The summed E-state index contributed by atoms with van der Waals surface area (Å²) in [6, 6.07) is 11.0. The van der Waals surface area contributed by atoms with Gasteiger partial charge in [0.2, 0.25) is 0 Å². The van der Waals surface area contributed by atoms with E-state index < -0.39 is 0 Å². The fourth-order valence-electron chi connectivity index (χ4n) is 1.56. The first-order valence-corrected chi connectivity index (χ1v) is 4.21. The van der Waals surface area contributed by atoms with E-state index >= 15 is 0 Å². The molecular weight excluding hydrogens is 174 g/mol. The third kappa shape index (κ3) is 1.05. The highest BCUT2D eigenvalue weighted by molar-refractivity contribution is 6.04. The van der Waals surface area contributed by atoms with Gasteiger partial charge in [0.1, 0.15) is 0 Å². The third-order valence-corrected chi connectivity index (χ3v) is 2.23. The molecule has 2 aromatic carbocycles. The second kappa shape index (κ2) is 2.93. The lowest BCUT2D eigenvalue weighted by Crippen LogP contribution is -1.94. The molecule has 68 valence electrons. The number of nitrogen functional groups attached to an aromatic ring is 2. The Morgan fingerprint density at radius 1 is 1.00 bits per heavy atom. The zero-order chi connectivity index (χ0) is 10.1. The molecule has 0 saturated heterocycles. The van der Waals surface area contributed by atoms with Crippen LogP contribution >= 0.6 is 0 Å². The van der Waals surface area contributed by atoms with Crippen LogP contribution in [0.1, 0.15) is 5.56 Å². The van der Waals surface area contributed by atoms with Crippen molar-refractivity contribution in [2.75, 3.05) is 11.5 Å². The number of anilines is 2. The molecule has 0 aliphatic heterocycles. The molecule has 2 aromatic rings. The number of benzene rings is 2. The van der Waals surface area contributed by atoms with Gasteiger partial charge in [0, 0.05) is 22.1 Å². The molecular formula is C11H9N3. The van der Waals surface area contributed by atoms with Crippen LogP contribution in [0.15, 0.2) is 30.3 Å². The Labute approximate surface area is 81.6 Å². The number of hydrogen-bond donors (Lipinski definition) is 2. The minimum absolute atomic E-state index is 0.599. The molecule has 0 unspecified atom stereocenters. The van der Waals surface area contributed by atoms with Crippen molar-refractivity contribution in [2.24, 2.45) is 0 Å². The monoisotopic (exact) mass is 183 g/mol. The van der Waals surface area contributed by atoms with Crippen molar-refractivity contribution < 1.29 is 0 Å². The predicted molar refractivity (Wildman–Crippen MR) is 57.5 cm³/mol. The Kier molecular flexibility index (Phi) is 1.76. The van der Waals surface area contributed by atoms with Gasteiger partial charge in [-0.05, 0) is 18.2 Å². The van der Waals surface area contributed by atoms with Gasteiger partial charge in [-0.2, -0.15) is 5.26 Å². The lowest BCUT2D eigenvalue weighted by Gasteiger charge is -2.06. The molecule has 0 aromatic heterocycles. The van der Waals surface area contributed by atoms with Crippen molar-refractivity contribution in [2.45, 2.75) is 0 Å². The summed E-state index contributed by atoms with van der Waals surface area (Å²) < 4.78 is 0. The Morgan fingerprint density at radius 3 is 2.43 bits per heavy atom. The van der Waals surface area contributed by atoms with Gasteiger partial charge in [-0.3, -0.25) is 0 Å². The first kappa shape index (κ1) is 8.39. The van der Waals surface area contributed by atoms with Gasteiger partial charge >= 0.3 is 0 Å². The van der Waals surface area contributed by atoms with E-state index in [9.17, 15) is 0 Å².